The molecule has 32 heavy (non-hydrogen) atoms. The zero-order valence-electron chi connectivity index (χ0n) is 16.5. The second-order valence-corrected chi connectivity index (χ2v) is 9.20. The maximum Gasteiger partial charge on any atom is 0.573 e. The quantitative estimate of drug-likeness (QED) is 0.735. The van der Waals surface area contributed by atoms with Gasteiger partial charge in [-0.05, 0) is 35.9 Å². The number of rotatable bonds is 4. The van der Waals surface area contributed by atoms with E-state index in [1.54, 1.807) is 0 Å². The van der Waals surface area contributed by atoms with Crippen LogP contribution in [0.3, 0.4) is 0 Å². The van der Waals surface area contributed by atoms with Crippen molar-refractivity contribution in [3.63, 3.8) is 0 Å². The Bertz CT molecular complexity index is 1190. The first-order chi connectivity index (χ1) is 15.0. The second-order valence-electron chi connectivity index (χ2n) is 7.19. The fourth-order valence-corrected chi connectivity index (χ4v) is 5.72. The number of hydrogen-bond donors (Lipinski definition) is 1. The number of alkyl halides is 3. The number of hydrogen-bond acceptors (Lipinski definition) is 7. The second kappa shape index (κ2) is 7.78. The molecule has 0 fully saturated rings. The SMILES string of the molecule is COc1ccc2c(c1)C1=NN(C(=O)CO)[C@@H](c3ccc(OC(F)(F)F)cc3)[C@H]1CS2(=O)=O. The largest absolute Gasteiger partial charge is 0.573 e. The van der Waals surface area contributed by atoms with Crippen LogP contribution in [0.2, 0.25) is 0 Å². The lowest BCUT2D eigenvalue weighted by molar-refractivity contribution is -0.274. The summed E-state index contributed by atoms with van der Waals surface area (Å²) in [5.74, 6) is -2.03. The van der Waals surface area contributed by atoms with Gasteiger partial charge in [0, 0.05) is 11.5 Å². The maximum atomic E-state index is 13.0. The van der Waals surface area contributed by atoms with Crippen molar-refractivity contribution in [3.8, 4) is 11.5 Å². The number of nitrogens with zero attached hydrogens (tertiary/aromatic N) is 2. The van der Waals surface area contributed by atoms with Crippen molar-refractivity contribution in [3.05, 3.63) is 53.6 Å². The van der Waals surface area contributed by atoms with Crippen molar-refractivity contribution in [2.45, 2.75) is 17.3 Å². The van der Waals surface area contributed by atoms with E-state index in [-0.39, 0.29) is 16.2 Å². The Morgan fingerprint density at radius 2 is 1.84 bits per heavy atom. The van der Waals surface area contributed by atoms with Gasteiger partial charge in [-0.2, -0.15) is 5.10 Å². The van der Waals surface area contributed by atoms with Gasteiger partial charge in [-0.25, -0.2) is 13.4 Å². The molecule has 4 rings (SSSR count). The van der Waals surface area contributed by atoms with Crippen molar-refractivity contribution in [2.24, 2.45) is 11.0 Å². The number of carbonyl (C=O) groups excluding carboxylic acids is 1. The fourth-order valence-electron chi connectivity index (χ4n) is 3.95. The van der Waals surface area contributed by atoms with E-state index >= 15 is 0 Å². The molecule has 0 spiro atoms. The number of methoxy groups -OCH3 is 1. The number of aliphatic hydroxyl groups is 1. The number of carbonyl (C=O) groups is 1. The molecule has 12 heteroatoms. The van der Waals surface area contributed by atoms with E-state index in [1.807, 2.05) is 0 Å². The van der Waals surface area contributed by atoms with Gasteiger partial charge in [-0.3, -0.25) is 4.79 Å². The Balaban J connectivity index is 1.80. The summed E-state index contributed by atoms with van der Waals surface area (Å²) >= 11 is 0. The van der Waals surface area contributed by atoms with Crippen LogP contribution in [0.4, 0.5) is 13.2 Å². The molecule has 8 nitrogen and oxygen atoms in total. The molecule has 2 aromatic rings. The highest BCUT2D eigenvalue weighted by atomic mass is 32.2. The number of hydrazone groups is 1. The molecule has 0 saturated heterocycles. The van der Waals surface area contributed by atoms with E-state index in [4.69, 9.17) is 4.74 Å². The zero-order valence-corrected chi connectivity index (χ0v) is 17.4. The topological polar surface area (TPSA) is 106 Å². The van der Waals surface area contributed by atoms with Crippen LogP contribution in [-0.2, 0) is 14.6 Å². The molecular weight excluding hydrogens is 453 g/mol. The lowest BCUT2D eigenvalue weighted by Crippen LogP contribution is -2.37. The average molecular weight is 470 g/mol. The van der Waals surface area contributed by atoms with Gasteiger partial charge in [0.2, 0.25) is 0 Å². The molecule has 0 radical (unpaired) electrons. The Morgan fingerprint density at radius 1 is 1.19 bits per heavy atom. The molecule has 0 unspecified atom stereocenters. The van der Waals surface area contributed by atoms with Gasteiger partial charge in [-0.15, -0.1) is 13.2 Å². The minimum atomic E-state index is -4.87. The number of ether oxygens (including phenoxy) is 2. The normalized spacial score (nSPS) is 21.4. The molecule has 2 aromatic carbocycles. The third-order valence-corrected chi connectivity index (χ3v) is 7.08. The van der Waals surface area contributed by atoms with Gasteiger partial charge < -0.3 is 14.6 Å². The minimum absolute atomic E-state index is 0.0410. The molecular formula is C20H17F3N2O6S. The summed E-state index contributed by atoms with van der Waals surface area (Å²) in [6, 6.07) is 8.19. The van der Waals surface area contributed by atoms with E-state index in [1.165, 1.54) is 37.4 Å². The van der Waals surface area contributed by atoms with Crippen LogP contribution in [-0.4, -0.2) is 56.0 Å². The number of halogens is 3. The predicted octanol–water partition coefficient (Wildman–Crippen LogP) is 2.28. The van der Waals surface area contributed by atoms with Crippen molar-refractivity contribution in [1.82, 2.24) is 5.01 Å². The van der Waals surface area contributed by atoms with E-state index in [9.17, 15) is 31.5 Å². The van der Waals surface area contributed by atoms with Crippen LogP contribution >= 0.6 is 0 Å². The van der Waals surface area contributed by atoms with Gasteiger partial charge in [0.15, 0.2) is 9.84 Å². The first-order valence-corrected chi connectivity index (χ1v) is 11.0. The van der Waals surface area contributed by atoms with Crippen LogP contribution in [0.5, 0.6) is 11.5 Å². The highest BCUT2D eigenvalue weighted by Crippen LogP contribution is 2.44. The average Bonchev–Trinajstić information content (AvgIpc) is 3.11. The smallest absolute Gasteiger partial charge is 0.497 e. The van der Waals surface area contributed by atoms with Crippen LogP contribution in [0.15, 0.2) is 52.5 Å². The molecule has 2 aliphatic rings. The molecule has 0 saturated carbocycles. The van der Waals surface area contributed by atoms with Gasteiger partial charge in [-0.1, -0.05) is 12.1 Å². The van der Waals surface area contributed by atoms with Crippen LogP contribution in [0.1, 0.15) is 17.2 Å². The molecule has 0 aliphatic carbocycles. The monoisotopic (exact) mass is 470 g/mol. The summed E-state index contributed by atoms with van der Waals surface area (Å²) in [4.78, 5) is 12.5. The maximum absolute atomic E-state index is 13.0. The highest BCUT2D eigenvalue weighted by molar-refractivity contribution is 7.91. The first kappa shape index (κ1) is 22.1. The summed E-state index contributed by atoms with van der Waals surface area (Å²) in [6.45, 7) is -0.882. The Kier molecular flexibility index (Phi) is 5.37. The van der Waals surface area contributed by atoms with Crippen LogP contribution in [0.25, 0.3) is 0 Å². The summed E-state index contributed by atoms with van der Waals surface area (Å²) in [7, 11) is -2.34. The lowest BCUT2D eigenvalue weighted by Gasteiger charge is -2.29. The van der Waals surface area contributed by atoms with Gasteiger partial charge in [0.1, 0.15) is 18.1 Å². The van der Waals surface area contributed by atoms with E-state index < -0.39 is 46.4 Å². The van der Waals surface area contributed by atoms with E-state index in [0.29, 0.717) is 17.0 Å². The Hall–Kier alpha value is -3.12. The standard InChI is InChI=1S/C20H17F3N2O6S/c1-30-13-6-7-16-14(8-13)18-15(10-32(16,28)29)19(25(24-18)17(27)9-26)11-2-4-12(5-3-11)31-20(21,22)23/h2-8,15,19,26H,9-10H2,1H3/t15-,19-/m0/s1. The summed E-state index contributed by atoms with van der Waals surface area (Å²) < 4.78 is 72.4. The summed E-state index contributed by atoms with van der Waals surface area (Å²) in [6.07, 6.45) is -4.87. The molecule has 1 N–H and O–H groups in total. The molecule has 2 aliphatic heterocycles. The van der Waals surface area contributed by atoms with Crippen molar-refractivity contribution < 1.29 is 41.0 Å². The fraction of sp³-hybridized carbons (Fsp3) is 0.300. The number of amides is 1. The van der Waals surface area contributed by atoms with E-state index in [2.05, 4.69) is 9.84 Å². The number of benzene rings is 2. The van der Waals surface area contributed by atoms with E-state index in [0.717, 1.165) is 17.1 Å². The van der Waals surface area contributed by atoms with Crippen LogP contribution < -0.4 is 9.47 Å². The number of fused-ring (bicyclic) bond motifs is 3. The molecule has 2 heterocycles. The lowest BCUT2D eigenvalue weighted by atomic mass is 9.88. The molecule has 0 aromatic heterocycles. The van der Waals surface area contributed by atoms with Gasteiger partial charge in [0.25, 0.3) is 5.91 Å². The van der Waals surface area contributed by atoms with Crippen LogP contribution in [0, 0.1) is 5.92 Å². The van der Waals surface area contributed by atoms with Crippen molar-refractivity contribution in [2.75, 3.05) is 19.5 Å². The number of sulfone groups is 1. The molecule has 170 valence electrons. The predicted molar refractivity (Wildman–Crippen MR) is 105 cm³/mol. The van der Waals surface area contributed by atoms with Gasteiger partial charge >= 0.3 is 6.36 Å². The summed E-state index contributed by atoms with van der Waals surface area (Å²) in [5.41, 5.74) is 0.929. The molecule has 2 atom stereocenters. The van der Waals surface area contributed by atoms with Crippen molar-refractivity contribution in [1.29, 1.82) is 0 Å². The highest BCUT2D eigenvalue weighted by Gasteiger charge is 2.48. The third-order valence-electron chi connectivity index (χ3n) is 5.25. The summed E-state index contributed by atoms with van der Waals surface area (Å²) in [5, 5.41) is 14.7. The molecule has 0 bridgehead atoms. The van der Waals surface area contributed by atoms with Crippen molar-refractivity contribution >= 4 is 21.5 Å². The first-order valence-electron chi connectivity index (χ1n) is 9.32. The minimum Gasteiger partial charge on any atom is -0.497 e. The Labute approximate surface area is 180 Å². The number of aliphatic hydroxyl groups excluding tert-OH is 1. The molecule has 1 amide bonds. The Morgan fingerprint density at radius 3 is 2.44 bits per heavy atom. The third kappa shape index (κ3) is 3.91. The van der Waals surface area contributed by atoms with Gasteiger partial charge in [0.05, 0.1) is 29.5 Å². The zero-order chi connectivity index (χ0) is 23.3.